The fourth-order valence-corrected chi connectivity index (χ4v) is 1.82. The Morgan fingerprint density at radius 3 is 2.85 bits per heavy atom. The number of halogens is 3. The van der Waals surface area contributed by atoms with Gasteiger partial charge in [-0.3, -0.25) is 0 Å². The number of alkyl halides is 3. The summed E-state index contributed by atoms with van der Waals surface area (Å²) >= 11 is 0. The largest absolute Gasteiger partial charge is 0.435 e. The van der Waals surface area contributed by atoms with Crippen molar-refractivity contribution in [3.8, 4) is 12.3 Å². The van der Waals surface area contributed by atoms with Crippen molar-refractivity contribution in [2.75, 3.05) is 5.32 Å². The van der Waals surface area contributed by atoms with Crippen molar-refractivity contribution in [3.63, 3.8) is 0 Å². The highest BCUT2D eigenvalue weighted by Gasteiger charge is 2.34. The number of nitrogens with zero attached hydrogens (tertiary/aromatic N) is 3. The Bertz CT molecular complexity index is 639. The Morgan fingerprint density at radius 2 is 2.25 bits per heavy atom. The Balaban J connectivity index is 2.39. The summed E-state index contributed by atoms with van der Waals surface area (Å²) in [5.41, 5.74) is -0.711. The quantitative estimate of drug-likeness (QED) is 0.877. The van der Waals surface area contributed by atoms with E-state index in [0.717, 1.165) is 17.0 Å². The van der Waals surface area contributed by atoms with E-state index in [-0.39, 0.29) is 11.6 Å². The van der Waals surface area contributed by atoms with Gasteiger partial charge in [-0.15, -0.1) is 6.42 Å². The molecular weight excluding hydrogens is 269 g/mol. The minimum Gasteiger partial charge on any atom is -0.355 e. The molecule has 0 aliphatic rings. The van der Waals surface area contributed by atoms with E-state index in [0.29, 0.717) is 12.2 Å². The van der Waals surface area contributed by atoms with Gasteiger partial charge in [-0.25, -0.2) is 9.50 Å². The second-order valence-corrected chi connectivity index (χ2v) is 4.29. The molecule has 2 rings (SSSR count). The van der Waals surface area contributed by atoms with Gasteiger partial charge in [0, 0.05) is 18.5 Å². The number of anilines is 1. The summed E-state index contributed by atoms with van der Waals surface area (Å²) in [5, 5.41) is 6.45. The predicted molar refractivity (Wildman–Crippen MR) is 69.1 cm³/mol. The maximum atomic E-state index is 12.7. The van der Waals surface area contributed by atoms with Gasteiger partial charge in [-0.05, 0) is 6.42 Å². The average molecular weight is 282 g/mol. The van der Waals surface area contributed by atoms with E-state index in [2.05, 4.69) is 21.3 Å². The zero-order valence-corrected chi connectivity index (χ0v) is 10.8. The lowest BCUT2D eigenvalue weighted by Gasteiger charge is -2.13. The topological polar surface area (TPSA) is 42.2 Å². The lowest BCUT2D eigenvalue weighted by molar-refractivity contribution is -0.141. The lowest BCUT2D eigenvalue weighted by atomic mass is 10.2. The number of hydrogen-bond donors (Lipinski definition) is 1. The highest BCUT2D eigenvalue weighted by Crippen LogP contribution is 2.30. The van der Waals surface area contributed by atoms with Gasteiger partial charge in [-0.1, -0.05) is 19.3 Å². The molecule has 0 amide bonds. The summed E-state index contributed by atoms with van der Waals surface area (Å²) in [6.07, 6.45) is 5.20. The Labute approximate surface area is 114 Å². The zero-order chi connectivity index (χ0) is 14.8. The molecule has 0 fully saturated rings. The summed E-state index contributed by atoms with van der Waals surface area (Å²) in [4.78, 5) is 4.04. The van der Waals surface area contributed by atoms with Gasteiger partial charge in [0.25, 0.3) is 0 Å². The van der Waals surface area contributed by atoms with Gasteiger partial charge in [0.05, 0.1) is 6.04 Å². The van der Waals surface area contributed by atoms with Crippen LogP contribution >= 0.6 is 0 Å². The van der Waals surface area contributed by atoms with E-state index in [1.54, 1.807) is 0 Å². The molecule has 2 heterocycles. The van der Waals surface area contributed by atoms with Gasteiger partial charge < -0.3 is 5.32 Å². The van der Waals surface area contributed by atoms with E-state index in [9.17, 15) is 13.2 Å². The number of rotatable bonds is 4. The van der Waals surface area contributed by atoms with Crippen molar-refractivity contribution in [2.24, 2.45) is 0 Å². The first-order valence-electron chi connectivity index (χ1n) is 6.10. The molecule has 0 saturated carbocycles. The second-order valence-electron chi connectivity index (χ2n) is 4.29. The first-order chi connectivity index (χ1) is 9.45. The third-order valence-electron chi connectivity index (χ3n) is 2.77. The van der Waals surface area contributed by atoms with Gasteiger partial charge in [-0.2, -0.15) is 18.3 Å². The smallest absolute Gasteiger partial charge is 0.355 e. The summed E-state index contributed by atoms with van der Waals surface area (Å²) < 4.78 is 39.1. The molecule has 2 aromatic rings. The Kier molecular flexibility index (Phi) is 3.84. The van der Waals surface area contributed by atoms with Crippen molar-refractivity contribution in [2.45, 2.75) is 32.0 Å². The molecule has 4 nitrogen and oxygen atoms in total. The van der Waals surface area contributed by atoms with Crippen molar-refractivity contribution in [1.82, 2.24) is 14.6 Å². The van der Waals surface area contributed by atoms with E-state index < -0.39 is 11.9 Å². The van der Waals surface area contributed by atoms with Gasteiger partial charge >= 0.3 is 6.18 Å². The Hall–Kier alpha value is -2.23. The van der Waals surface area contributed by atoms with Crippen LogP contribution in [0.1, 0.15) is 25.5 Å². The number of hydrogen-bond acceptors (Lipinski definition) is 3. The number of terminal acetylenes is 1. The SMILES string of the molecule is C#CC(CCC)Nc1nccn2nc(C(F)(F)F)cc12. The normalized spacial score (nSPS) is 13.2. The van der Waals surface area contributed by atoms with Crippen LogP contribution in [-0.4, -0.2) is 20.6 Å². The molecule has 20 heavy (non-hydrogen) atoms. The van der Waals surface area contributed by atoms with Gasteiger partial charge in [0.1, 0.15) is 5.52 Å². The molecule has 0 aromatic carbocycles. The first-order valence-corrected chi connectivity index (χ1v) is 6.10. The monoisotopic (exact) mass is 282 g/mol. The minimum absolute atomic E-state index is 0.246. The molecule has 0 spiro atoms. The predicted octanol–water partition coefficient (Wildman–Crippen LogP) is 2.96. The molecule has 0 saturated heterocycles. The van der Waals surface area contributed by atoms with Gasteiger partial charge in [0.15, 0.2) is 11.5 Å². The maximum Gasteiger partial charge on any atom is 0.435 e. The third-order valence-corrected chi connectivity index (χ3v) is 2.77. The highest BCUT2D eigenvalue weighted by molar-refractivity contribution is 5.68. The molecule has 106 valence electrons. The highest BCUT2D eigenvalue weighted by atomic mass is 19.4. The molecule has 0 aliphatic carbocycles. The second kappa shape index (κ2) is 5.41. The van der Waals surface area contributed by atoms with Crippen molar-refractivity contribution >= 4 is 11.3 Å². The minimum atomic E-state index is -4.49. The van der Waals surface area contributed by atoms with Crippen molar-refractivity contribution < 1.29 is 13.2 Å². The first kappa shape index (κ1) is 14.2. The third kappa shape index (κ3) is 2.85. The van der Waals surface area contributed by atoms with Gasteiger partial charge in [0.2, 0.25) is 0 Å². The van der Waals surface area contributed by atoms with Crippen molar-refractivity contribution in [3.05, 3.63) is 24.2 Å². The summed E-state index contributed by atoms with van der Waals surface area (Å²) in [7, 11) is 0. The van der Waals surface area contributed by atoms with Crippen LogP contribution in [0, 0.1) is 12.3 Å². The van der Waals surface area contributed by atoms with Crippen LogP contribution in [0.5, 0.6) is 0 Å². The fraction of sp³-hybridized carbons (Fsp3) is 0.385. The standard InChI is InChI=1S/C13H13F3N4/c1-3-5-9(4-2)18-12-10-8-11(13(14,15)16)19-20(10)7-6-17-12/h2,6-9H,3,5H2,1H3,(H,17,18). The van der Waals surface area contributed by atoms with Crippen LogP contribution in [0.25, 0.3) is 5.52 Å². The molecule has 2 aromatic heterocycles. The average Bonchev–Trinajstić information content (AvgIpc) is 2.83. The molecule has 1 N–H and O–H groups in total. The van der Waals surface area contributed by atoms with E-state index in [4.69, 9.17) is 6.42 Å². The molecule has 7 heteroatoms. The molecule has 1 unspecified atom stereocenters. The lowest BCUT2D eigenvalue weighted by Crippen LogP contribution is -2.18. The number of fused-ring (bicyclic) bond motifs is 1. The fourth-order valence-electron chi connectivity index (χ4n) is 1.82. The van der Waals surface area contributed by atoms with E-state index in [1.807, 2.05) is 6.92 Å². The summed E-state index contributed by atoms with van der Waals surface area (Å²) in [6, 6.07) is 0.678. The molecular formula is C13H13F3N4. The van der Waals surface area contributed by atoms with Crippen LogP contribution in [0.3, 0.4) is 0 Å². The molecule has 0 radical (unpaired) electrons. The molecule has 1 atom stereocenters. The van der Waals surface area contributed by atoms with Crippen LogP contribution in [-0.2, 0) is 6.18 Å². The van der Waals surface area contributed by atoms with Crippen LogP contribution in [0.4, 0.5) is 19.0 Å². The number of aromatic nitrogens is 3. The maximum absolute atomic E-state index is 12.7. The summed E-state index contributed by atoms with van der Waals surface area (Å²) in [5.74, 6) is 2.85. The molecule has 0 bridgehead atoms. The zero-order valence-electron chi connectivity index (χ0n) is 10.8. The Morgan fingerprint density at radius 1 is 1.50 bits per heavy atom. The summed E-state index contributed by atoms with van der Waals surface area (Å²) in [6.45, 7) is 1.97. The van der Waals surface area contributed by atoms with Crippen LogP contribution in [0.15, 0.2) is 18.5 Å². The molecule has 0 aliphatic heterocycles. The van der Waals surface area contributed by atoms with Crippen LogP contribution in [0.2, 0.25) is 0 Å². The van der Waals surface area contributed by atoms with E-state index >= 15 is 0 Å². The van der Waals surface area contributed by atoms with E-state index in [1.165, 1.54) is 12.4 Å². The van der Waals surface area contributed by atoms with Crippen LogP contribution < -0.4 is 5.32 Å². The number of nitrogens with one attached hydrogen (secondary N) is 1. The van der Waals surface area contributed by atoms with Crippen molar-refractivity contribution in [1.29, 1.82) is 0 Å².